The number of carbonyl (C=O) groups excluding carboxylic acids is 2. The number of ether oxygens (including phenoxy) is 1. The second-order valence-electron chi connectivity index (χ2n) is 7.80. The van der Waals surface area contributed by atoms with Gasteiger partial charge in [-0.2, -0.15) is 0 Å². The van der Waals surface area contributed by atoms with Crippen LogP contribution in [0.4, 0.5) is 5.69 Å². The Kier molecular flexibility index (Phi) is 5.69. The monoisotopic (exact) mass is 393 g/mol. The molecule has 0 heterocycles. The Balaban J connectivity index is 1.37. The number of methoxy groups -OCH3 is 1. The third-order valence-electron chi connectivity index (χ3n) is 5.41. The fourth-order valence-electron chi connectivity index (χ4n) is 3.44. The maximum absolute atomic E-state index is 12.6. The molecule has 0 spiro atoms. The zero-order valence-electron chi connectivity index (χ0n) is 16.6. The molecule has 2 saturated carbocycles. The van der Waals surface area contributed by atoms with Crippen LogP contribution in [0.15, 0.2) is 48.5 Å². The molecular formula is C23H27N3O3. The summed E-state index contributed by atoms with van der Waals surface area (Å²) >= 11 is 0. The molecule has 0 aliphatic heterocycles. The number of benzene rings is 2. The standard InChI is InChI=1S/C23H27N3O3/c1-29-18-12-8-16(9-13-18)22(15-6-7-15)26-21(27)14-24-20-5-3-2-4-19(20)23(28)25-17-10-11-17/h2-5,8-9,12-13,15,17,22,24H,6-7,10-11,14H2,1H3,(H,25,28)(H,26,27). The van der Waals surface area contributed by atoms with Crippen molar-refractivity contribution in [3.8, 4) is 5.75 Å². The molecule has 2 fully saturated rings. The van der Waals surface area contributed by atoms with Gasteiger partial charge in [0.05, 0.1) is 25.3 Å². The summed E-state index contributed by atoms with van der Waals surface area (Å²) in [5.74, 6) is 1.10. The van der Waals surface area contributed by atoms with Gasteiger partial charge in [-0.1, -0.05) is 24.3 Å². The van der Waals surface area contributed by atoms with Crippen molar-refractivity contribution < 1.29 is 14.3 Å². The Morgan fingerprint density at radius 3 is 2.41 bits per heavy atom. The van der Waals surface area contributed by atoms with Crippen LogP contribution in [0.5, 0.6) is 5.75 Å². The maximum atomic E-state index is 12.6. The Hall–Kier alpha value is -3.02. The molecule has 6 heteroatoms. The Bertz CT molecular complexity index is 873. The summed E-state index contributed by atoms with van der Waals surface area (Å²) < 4.78 is 5.22. The summed E-state index contributed by atoms with van der Waals surface area (Å²) in [5, 5.41) is 9.27. The van der Waals surface area contributed by atoms with Gasteiger partial charge >= 0.3 is 0 Å². The minimum Gasteiger partial charge on any atom is -0.497 e. The normalized spacial score (nSPS) is 16.6. The summed E-state index contributed by atoms with van der Waals surface area (Å²) in [5.41, 5.74) is 2.33. The number of nitrogens with one attached hydrogen (secondary N) is 3. The van der Waals surface area contributed by atoms with E-state index in [1.165, 1.54) is 0 Å². The molecule has 0 bridgehead atoms. The number of rotatable bonds is 9. The highest BCUT2D eigenvalue weighted by molar-refractivity contribution is 6.00. The third kappa shape index (κ3) is 5.08. The highest BCUT2D eigenvalue weighted by atomic mass is 16.5. The zero-order chi connectivity index (χ0) is 20.2. The number of carbonyl (C=O) groups is 2. The van der Waals surface area contributed by atoms with Gasteiger partial charge < -0.3 is 20.7 Å². The van der Waals surface area contributed by atoms with Crippen molar-refractivity contribution in [2.45, 2.75) is 37.8 Å². The fraction of sp³-hybridized carbons (Fsp3) is 0.391. The van der Waals surface area contributed by atoms with E-state index in [1.807, 2.05) is 42.5 Å². The molecule has 2 aromatic carbocycles. The van der Waals surface area contributed by atoms with Crippen LogP contribution in [0, 0.1) is 5.92 Å². The molecule has 152 valence electrons. The predicted molar refractivity (Wildman–Crippen MR) is 112 cm³/mol. The molecule has 0 saturated heterocycles. The fourth-order valence-corrected chi connectivity index (χ4v) is 3.44. The number of para-hydroxylation sites is 1. The van der Waals surface area contributed by atoms with Crippen LogP contribution < -0.4 is 20.7 Å². The second-order valence-corrected chi connectivity index (χ2v) is 7.80. The van der Waals surface area contributed by atoms with Crippen molar-refractivity contribution in [3.63, 3.8) is 0 Å². The number of anilines is 1. The molecule has 4 rings (SSSR count). The SMILES string of the molecule is COc1ccc(C(NC(=O)CNc2ccccc2C(=O)NC2CC2)C2CC2)cc1. The summed E-state index contributed by atoms with van der Waals surface area (Å²) in [4.78, 5) is 25.0. The minimum atomic E-state index is -0.0925. The van der Waals surface area contributed by atoms with E-state index in [0.717, 1.165) is 37.0 Å². The Morgan fingerprint density at radius 2 is 1.76 bits per heavy atom. The summed E-state index contributed by atoms with van der Waals surface area (Å²) in [6.45, 7) is 0.118. The molecule has 2 aromatic rings. The van der Waals surface area contributed by atoms with Gasteiger partial charge in [-0.3, -0.25) is 9.59 Å². The van der Waals surface area contributed by atoms with Gasteiger partial charge in [0.15, 0.2) is 0 Å². The van der Waals surface area contributed by atoms with Crippen molar-refractivity contribution in [2.24, 2.45) is 5.92 Å². The van der Waals surface area contributed by atoms with Gasteiger partial charge in [0, 0.05) is 11.7 Å². The highest BCUT2D eigenvalue weighted by Gasteiger charge is 2.33. The average molecular weight is 393 g/mol. The van der Waals surface area contributed by atoms with Crippen LogP contribution in [-0.2, 0) is 4.79 Å². The zero-order valence-corrected chi connectivity index (χ0v) is 16.6. The molecule has 29 heavy (non-hydrogen) atoms. The lowest BCUT2D eigenvalue weighted by atomic mass is 10.0. The van der Waals surface area contributed by atoms with Gasteiger partial charge in [-0.05, 0) is 61.4 Å². The van der Waals surface area contributed by atoms with Crippen LogP contribution in [0.3, 0.4) is 0 Å². The van der Waals surface area contributed by atoms with Crippen LogP contribution in [0.1, 0.15) is 47.6 Å². The summed E-state index contributed by atoms with van der Waals surface area (Å²) in [6.07, 6.45) is 4.32. The van der Waals surface area contributed by atoms with Crippen molar-refractivity contribution >= 4 is 17.5 Å². The number of hydrogen-bond donors (Lipinski definition) is 3. The lowest BCUT2D eigenvalue weighted by Crippen LogP contribution is -2.35. The third-order valence-corrected chi connectivity index (χ3v) is 5.41. The molecule has 0 radical (unpaired) electrons. The van der Waals surface area contributed by atoms with Crippen LogP contribution in [0.25, 0.3) is 0 Å². The molecule has 0 aromatic heterocycles. The van der Waals surface area contributed by atoms with E-state index in [4.69, 9.17) is 4.74 Å². The molecular weight excluding hydrogens is 366 g/mol. The van der Waals surface area contributed by atoms with E-state index in [2.05, 4.69) is 16.0 Å². The van der Waals surface area contributed by atoms with E-state index < -0.39 is 0 Å². The molecule has 1 atom stereocenters. The average Bonchev–Trinajstić information content (AvgIpc) is 3.66. The van der Waals surface area contributed by atoms with Crippen molar-refractivity contribution in [1.29, 1.82) is 0 Å². The smallest absolute Gasteiger partial charge is 0.253 e. The van der Waals surface area contributed by atoms with Crippen molar-refractivity contribution in [1.82, 2.24) is 10.6 Å². The molecule has 1 unspecified atom stereocenters. The predicted octanol–water partition coefficient (Wildman–Crippen LogP) is 3.27. The summed E-state index contributed by atoms with van der Waals surface area (Å²) in [6, 6.07) is 15.5. The largest absolute Gasteiger partial charge is 0.497 e. The number of hydrogen-bond acceptors (Lipinski definition) is 4. The van der Waals surface area contributed by atoms with Gasteiger partial charge in [0.2, 0.25) is 5.91 Å². The minimum absolute atomic E-state index is 0.00335. The first-order chi connectivity index (χ1) is 14.1. The second kappa shape index (κ2) is 8.55. The van der Waals surface area contributed by atoms with E-state index in [1.54, 1.807) is 13.2 Å². The van der Waals surface area contributed by atoms with Crippen LogP contribution in [-0.4, -0.2) is 31.5 Å². The first kappa shape index (κ1) is 19.3. The first-order valence-electron chi connectivity index (χ1n) is 10.2. The first-order valence-corrected chi connectivity index (χ1v) is 10.2. The van der Waals surface area contributed by atoms with Crippen LogP contribution >= 0.6 is 0 Å². The van der Waals surface area contributed by atoms with Gasteiger partial charge in [-0.15, -0.1) is 0 Å². The Morgan fingerprint density at radius 1 is 1.03 bits per heavy atom. The van der Waals surface area contributed by atoms with Gasteiger partial charge in [0.1, 0.15) is 5.75 Å². The quantitative estimate of drug-likeness (QED) is 0.611. The molecule has 3 N–H and O–H groups in total. The Labute approximate surface area is 171 Å². The topological polar surface area (TPSA) is 79.5 Å². The van der Waals surface area contributed by atoms with Crippen molar-refractivity contribution in [2.75, 3.05) is 19.0 Å². The molecule has 2 amide bonds. The lowest BCUT2D eigenvalue weighted by Gasteiger charge is -2.20. The molecule has 2 aliphatic carbocycles. The molecule has 2 aliphatic rings. The van der Waals surface area contributed by atoms with Crippen molar-refractivity contribution in [3.05, 3.63) is 59.7 Å². The lowest BCUT2D eigenvalue weighted by molar-refractivity contribution is -0.120. The van der Waals surface area contributed by atoms with Crippen LogP contribution in [0.2, 0.25) is 0 Å². The van der Waals surface area contributed by atoms with Gasteiger partial charge in [-0.25, -0.2) is 0 Å². The van der Waals surface area contributed by atoms with Gasteiger partial charge in [0.25, 0.3) is 5.91 Å². The maximum Gasteiger partial charge on any atom is 0.253 e. The van der Waals surface area contributed by atoms with E-state index >= 15 is 0 Å². The van der Waals surface area contributed by atoms with E-state index in [-0.39, 0.29) is 24.4 Å². The summed E-state index contributed by atoms with van der Waals surface area (Å²) in [7, 11) is 1.64. The highest BCUT2D eigenvalue weighted by Crippen LogP contribution is 2.41. The number of amides is 2. The van der Waals surface area contributed by atoms with E-state index in [0.29, 0.717) is 23.2 Å². The van der Waals surface area contributed by atoms with E-state index in [9.17, 15) is 9.59 Å². The molecule has 6 nitrogen and oxygen atoms in total.